The lowest BCUT2D eigenvalue weighted by Crippen LogP contribution is -2.32. The van der Waals surface area contributed by atoms with Gasteiger partial charge in [-0.1, -0.05) is 54.6 Å². The van der Waals surface area contributed by atoms with Crippen LogP contribution in [-0.2, 0) is 40.7 Å². The van der Waals surface area contributed by atoms with Crippen molar-refractivity contribution < 1.29 is 23.1 Å². The molecule has 2 unspecified atom stereocenters. The Morgan fingerprint density at radius 3 is 2.16 bits per heavy atom. The molecular formula is C33H38N6O5S. The van der Waals surface area contributed by atoms with E-state index in [0.29, 0.717) is 30.0 Å². The fourth-order valence-corrected chi connectivity index (χ4v) is 5.16. The SMILES string of the molecule is CC(Cc1cccc(CC(=O)NCc2ccc(C(=O)NCc3ccc(S(N)(=O)=O)cc3)cc2)c1)NCC(O)c1ccc(N)nc1. The van der Waals surface area contributed by atoms with Gasteiger partial charge in [0.2, 0.25) is 15.9 Å². The molecule has 4 rings (SSSR count). The lowest BCUT2D eigenvalue weighted by molar-refractivity contribution is -0.120. The van der Waals surface area contributed by atoms with Crippen molar-refractivity contribution in [1.82, 2.24) is 20.9 Å². The Balaban J connectivity index is 1.19. The second kappa shape index (κ2) is 15.4. The number of nitrogens with zero attached hydrogens (tertiary/aromatic N) is 1. The van der Waals surface area contributed by atoms with E-state index in [2.05, 4.69) is 20.9 Å². The number of aromatic nitrogens is 1. The van der Waals surface area contributed by atoms with Crippen LogP contribution in [0.25, 0.3) is 0 Å². The standard InChI is InChI=1S/C33H38N6O5S/c1-22(36-21-30(40)28-11-14-31(34)37-20-28)15-25-3-2-4-26(16-25)17-32(41)38-18-23-5-9-27(10-6-23)33(42)39-19-24-7-12-29(13-8-24)45(35,43)44/h2-14,16,20,22,30,36,40H,15,17-19,21H2,1H3,(H2,34,37)(H,38,41)(H,39,42)(H2,35,43,44). The van der Waals surface area contributed by atoms with E-state index < -0.39 is 16.1 Å². The molecule has 0 spiro atoms. The molecule has 0 aliphatic rings. The molecule has 8 N–H and O–H groups in total. The number of carbonyl (C=O) groups is 2. The molecule has 12 heteroatoms. The summed E-state index contributed by atoms with van der Waals surface area (Å²) < 4.78 is 22.8. The Kier molecular flexibility index (Phi) is 11.4. The monoisotopic (exact) mass is 630 g/mol. The molecule has 1 heterocycles. The molecule has 236 valence electrons. The van der Waals surface area contributed by atoms with E-state index in [9.17, 15) is 23.1 Å². The Morgan fingerprint density at radius 2 is 1.51 bits per heavy atom. The summed E-state index contributed by atoms with van der Waals surface area (Å²) in [4.78, 5) is 29.2. The number of nitrogens with two attached hydrogens (primary N) is 2. The van der Waals surface area contributed by atoms with E-state index in [1.165, 1.54) is 12.1 Å². The molecule has 0 saturated heterocycles. The smallest absolute Gasteiger partial charge is 0.251 e. The maximum atomic E-state index is 12.7. The first-order chi connectivity index (χ1) is 21.5. The Bertz CT molecular complexity index is 1700. The summed E-state index contributed by atoms with van der Waals surface area (Å²) in [6.45, 7) is 2.97. The Labute approximate surface area is 263 Å². The van der Waals surface area contributed by atoms with Crippen molar-refractivity contribution in [3.05, 3.63) is 125 Å². The number of hydrogen-bond acceptors (Lipinski definition) is 8. The normalized spacial score (nSPS) is 12.7. The zero-order valence-electron chi connectivity index (χ0n) is 24.9. The molecule has 0 bridgehead atoms. The molecule has 4 aromatic rings. The predicted octanol–water partition coefficient (Wildman–Crippen LogP) is 2.35. The highest BCUT2D eigenvalue weighted by molar-refractivity contribution is 7.89. The fourth-order valence-electron chi connectivity index (χ4n) is 4.64. The number of carbonyl (C=O) groups excluding carboxylic acids is 2. The summed E-state index contributed by atoms with van der Waals surface area (Å²) in [5.41, 5.74) is 10.3. The summed E-state index contributed by atoms with van der Waals surface area (Å²) in [5.74, 6) is 0.0140. The highest BCUT2D eigenvalue weighted by Crippen LogP contribution is 2.14. The minimum atomic E-state index is -3.77. The fraction of sp³-hybridized carbons (Fsp3) is 0.242. The Morgan fingerprint density at radius 1 is 0.867 bits per heavy atom. The largest absolute Gasteiger partial charge is 0.387 e. The van der Waals surface area contributed by atoms with Crippen LogP contribution in [0.1, 0.15) is 51.2 Å². The molecule has 0 aliphatic heterocycles. The molecular weight excluding hydrogens is 592 g/mol. The minimum Gasteiger partial charge on any atom is -0.387 e. The number of aliphatic hydroxyl groups is 1. The first-order valence-corrected chi connectivity index (χ1v) is 16.0. The number of amides is 2. The molecule has 0 saturated carbocycles. The van der Waals surface area contributed by atoms with Gasteiger partial charge in [-0.3, -0.25) is 9.59 Å². The zero-order valence-corrected chi connectivity index (χ0v) is 25.8. The van der Waals surface area contributed by atoms with Gasteiger partial charge in [0.05, 0.1) is 17.4 Å². The molecule has 45 heavy (non-hydrogen) atoms. The van der Waals surface area contributed by atoms with Gasteiger partial charge in [-0.05, 0) is 65.9 Å². The van der Waals surface area contributed by atoms with Crippen molar-refractivity contribution in [2.24, 2.45) is 5.14 Å². The number of primary sulfonamides is 1. The summed E-state index contributed by atoms with van der Waals surface area (Å²) in [5, 5.41) is 24.6. The number of anilines is 1. The van der Waals surface area contributed by atoms with Crippen molar-refractivity contribution in [2.45, 2.75) is 49.9 Å². The molecule has 0 aliphatic carbocycles. The highest BCUT2D eigenvalue weighted by atomic mass is 32.2. The number of rotatable bonds is 14. The topological polar surface area (TPSA) is 190 Å². The maximum Gasteiger partial charge on any atom is 0.251 e. The summed E-state index contributed by atoms with van der Waals surface area (Å²) in [6.07, 6.45) is 1.84. The van der Waals surface area contributed by atoms with Gasteiger partial charge < -0.3 is 26.8 Å². The van der Waals surface area contributed by atoms with Crippen molar-refractivity contribution in [1.29, 1.82) is 0 Å². The maximum absolute atomic E-state index is 12.7. The number of nitrogens with one attached hydrogen (secondary N) is 3. The van der Waals surface area contributed by atoms with Gasteiger partial charge in [-0.25, -0.2) is 18.5 Å². The van der Waals surface area contributed by atoms with Crippen molar-refractivity contribution in [3.8, 4) is 0 Å². The van der Waals surface area contributed by atoms with Gasteiger partial charge in [0.25, 0.3) is 5.91 Å². The second-order valence-electron chi connectivity index (χ2n) is 10.9. The van der Waals surface area contributed by atoms with E-state index in [1.54, 1.807) is 54.7 Å². The molecule has 0 radical (unpaired) electrons. The third-order valence-corrected chi connectivity index (χ3v) is 8.09. The average molecular weight is 631 g/mol. The third kappa shape index (κ3) is 10.5. The molecule has 2 atom stereocenters. The minimum absolute atomic E-state index is 0.00887. The molecule has 3 aromatic carbocycles. The first kappa shape index (κ1) is 33.3. The Hall–Kier alpha value is -4.62. The van der Waals surface area contributed by atoms with Gasteiger partial charge in [-0.2, -0.15) is 0 Å². The summed E-state index contributed by atoms with van der Waals surface area (Å²) in [6, 6.07) is 24.3. The zero-order chi connectivity index (χ0) is 32.4. The van der Waals surface area contributed by atoms with Crippen molar-refractivity contribution in [3.63, 3.8) is 0 Å². The quantitative estimate of drug-likeness (QED) is 0.122. The number of benzene rings is 3. The van der Waals surface area contributed by atoms with Crippen molar-refractivity contribution >= 4 is 27.7 Å². The number of nitrogen functional groups attached to an aromatic ring is 1. The summed E-state index contributed by atoms with van der Waals surface area (Å²) >= 11 is 0. The van der Waals surface area contributed by atoms with Gasteiger partial charge in [0, 0.05) is 43.0 Å². The highest BCUT2D eigenvalue weighted by Gasteiger charge is 2.12. The predicted molar refractivity (Wildman–Crippen MR) is 172 cm³/mol. The summed E-state index contributed by atoms with van der Waals surface area (Å²) in [7, 11) is -3.77. The second-order valence-corrected chi connectivity index (χ2v) is 12.4. The first-order valence-electron chi connectivity index (χ1n) is 14.4. The lowest BCUT2D eigenvalue weighted by atomic mass is 10.0. The van der Waals surface area contributed by atoms with Crippen LogP contribution in [0.15, 0.2) is 96.0 Å². The van der Waals surface area contributed by atoms with Crippen LogP contribution in [0.4, 0.5) is 5.82 Å². The van der Waals surface area contributed by atoms with Crippen molar-refractivity contribution in [2.75, 3.05) is 12.3 Å². The van der Waals surface area contributed by atoms with Crippen LogP contribution >= 0.6 is 0 Å². The van der Waals surface area contributed by atoms with Gasteiger partial charge in [-0.15, -0.1) is 0 Å². The third-order valence-electron chi connectivity index (χ3n) is 7.16. The van der Waals surface area contributed by atoms with Crippen LogP contribution in [0.2, 0.25) is 0 Å². The van der Waals surface area contributed by atoms with E-state index in [1.807, 2.05) is 31.2 Å². The number of sulfonamides is 1. The van der Waals surface area contributed by atoms with E-state index in [4.69, 9.17) is 10.9 Å². The van der Waals surface area contributed by atoms with Crippen LogP contribution in [-0.4, -0.2) is 42.9 Å². The van der Waals surface area contributed by atoms with Gasteiger partial charge in [0.15, 0.2) is 0 Å². The van der Waals surface area contributed by atoms with Crippen LogP contribution in [0, 0.1) is 0 Å². The average Bonchev–Trinajstić information content (AvgIpc) is 3.02. The van der Waals surface area contributed by atoms with Gasteiger partial charge in [0.1, 0.15) is 5.82 Å². The lowest BCUT2D eigenvalue weighted by Gasteiger charge is -2.18. The number of pyridine rings is 1. The van der Waals surface area contributed by atoms with E-state index in [0.717, 1.165) is 28.7 Å². The van der Waals surface area contributed by atoms with Crippen LogP contribution in [0.5, 0.6) is 0 Å². The number of hydrogen-bond donors (Lipinski definition) is 6. The van der Waals surface area contributed by atoms with Crippen LogP contribution in [0.3, 0.4) is 0 Å². The van der Waals surface area contributed by atoms with Gasteiger partial charge >= 0.3 is 0 Å². The van der Waals surface area contributed by atoms with E-state index >= 15 is 0 Å². The van der Waals surface area contributed by atoms with E-state index in [-0.39, 0.29) is 35.7 Å². The molecule has 1 aromatic heterocycles. The molecule has 0 fully saturated rings. The molecule has 11 nitrogen and oxygen atoms in total. The molecule has 2 amide bonds. The number of aliphatic hydroxyl groups excluding tert-OH is 1. The van der Waals surface area contributed by atoms with Crippen LogP contribution < -0.4 is 26.8 Å².